The summed E-state index contributed by atoms with van der Waals surface area (Å²) >= 11 is 0. The van der Waals surface area contributed by atoms with Crippen molar-refractivity contribution in [3.8, 4) is 0 Å². The van der Waals surface area contributed by atoms with Gasteiger partial charge in [-0.1, -0.05) is 13.8 Å². The number of amides is 2. The minimum Gasteiger partial charge on any atom is -0.481 e. The van der Waals surface area contributed by atoms with E-state index in [4.69, 9.17) is 5.11 Å². The van der Waals surface area contributed by atoms with Crippen LogP contribution in [0.15, 0.2) is 0 Å². The second-order valence-corrected chi connectivity index (χ2v) is 4.05. The molecular weight excluding hydrogens is 196 g/mol. The highest BCUT2D eigenvalue weighted by Gasteiger charge is 2.15. The Morgan fingerprint density at radius 3 is 2.33 bits per heavy atom. The van der Waals surface area contributed by atoms with Crippen LogP contribution in [-0.2, 0) is 4.79 Å². The number of carboxylic acid groups (broad SMARTS) is 1. The number of hydrogen-bond donors (Lipinski definition) is 3. The minimum absolute atomic E-state index is 0.000185. The van der Waals surface area contributed by atoms with E-state index < -0.39 is 5.97 Å². The van der Waals surface area contributed by atoms with Crippen molar-refractivity contribution in [1.82, 2.24) is 10.6 Å². The first-order chi connectivity index (χ1) is 6.95. The molecule has 0 aromatic heterocycles. The third-order valence-electron chi connectivity index (χ3n) is 2.05. The van der Waals surface area contributed by atoms with Gasteiger partial charge in [0.2, 0.25) is 0 Å². The Morgan fingerprint density at radius 2 is 1.93 bits per heavy atom. The first-order valence-electron chi connectivity index (χ1n) is 5.13. The van der Waals surface area contributed by atoms with Gasteiger partial charge >= 0.3 is 12.0 Å². The highest BCUT2D eigenvalue weighted by atomic mass is 16.4. The Balaban J connectivity index is 4.00. The molecule has 0 fully saturated rings. The van der Waals surface area contributed by atoms with Crippen molar-refractivity contribution in [2.24, 2.45) is 11.8 Å². The monoisotopic (exact) mass is 216 g/mol. The fourth-order valence-corrected chi connectivity index (χ4v) is 1.48. The highest BCUT2D eigenvalue weighted by Crippen LogP contribution is 2.14. The van der Waals surface area contributed by atoms with Gasteiger partial charge in [0.15, 0.2) is 0 Å². The predicted octanol–water partition coefficient (Wildman–Crippen LogP) is 1.05. The van der Waals surface area contributed by atoms with Gasteiger partial charge in [0.1, 0.15) is 0 Å². The molecule has 0 saturated heterocycles. The Hall–Kier alpha value is -1.26. The number of carbonyl (C=O) groups excluding carboxylic acids is 1. The van der Waals surface area contributed by atoms with Crippen molar-refractivity contribution < 1.29 is 14.7 Å². The van der Waals surface area contributed by atoms with Crippen molar-refractivity contribution in [3.63, 3.8) is 0 Å². The van der Waals surface area contributed by atoms with E-state index >= 15 is 0 Å². The van der Waals surface area contributed by atoms with Crippen LogP contribution in [0.2, 0.25) is 0 Å². The largest absolute Gasteiger partial charge is 0.481 e. The number of rotatable bonds is 6. The molecule has 5 nitrogen and oxygen atoms in total. The molecule has 1 unspecified atom stereocenters. The fourth-order valence-electron chi connectivity index (χ4n) is 1.48. The lowest BCUT2D eigenvalue weighted by Crippen LogP contribution is -2.37. The predicted molar refractivity (Wildman–Crippen MR) is 57.7 cm³/mol. The summed E-state index contributed by atoms with van der Waals surface area (Å²) in [5, 5.41) is 13.8. The number of hydrogen-bond acceptors (Lipinski definition) is 2. The van der Waals surface area contributed by atoms with Gasteiger partial charge in [0, 0.05) is 20.0 Å². The van der Waals surface area contributed by atoms with E-state index in [1.807, 2.05) is 13.8 Å². The molecule has 15 heavy (non-hydrogen) atoms. The molecule has 2 amide bonds. The normalized spacial score (nSPS) is 12.3. The average molecular weight is 216 g/mol. The molecule has 0 aromatic rings. The number of aliphatic carboxylic acids is 1. The second kappa shape index (κ2) is 7.09. The highest BCUT2D eigenvalue weighted by molar-refractivity contribution is 5.73. The zero-order valence-electron chi connectivity index (χ0n) is 9.54. The molecular formula is C10H20N2O3. The quantitative estimate of drug-likeness (QED) is 0.621. The molecule has 0 bridgehead atoms. The van der Waals surface area contributed by atoms with Gasteiger partial charge in [-0.05, 0) is 18.3 Å². The van der Waals surface area contributed by atoms with Crippen LogP contribution in [0.1, 0.15) is 26.7 Å². The van der Waals surface area contributed by atoms with Crippen molar-refractivity contribution in [2.75, 3.05) is 13.6 Å². The Kier molecular flexibility index (Phi) is 6.49. The van der Waals surface area contributed by atoms with E-state index in [1.165, 1.54) is 7.05 Å². The molecule has 0 rings (SSSR count). The smallest absolute Gasteiger partial charge is 0.314 e. The summed E-state index contributed by atoms with van der Waals surface area (Å²) in [7, 11) is 1.53. The lowest BCUT2D eigenvalue weighted by atomic mass is 9.94. The molecule has 1 atom stereocenters. The van der Waals surface area contributed by atoms with Crippen LogP contribution in [0.5, 0.6) is 0 Å². The SMILES string of the molecule is CNC(=O)NCC(CC(=O)O)CC(C)C. The molecule has 0 aliphatic rings. The van der Waals surface area contributed by atoms with Crippen LogP contribution >= 0.6 is 0 Å². The summed E-state index contributed by atoms with van der Waals surface area (Å²) in [4.78, 5) is 21.5. The van der Waals surface area contributed by atoms with Crippen LogP contribution in [-0.4, -0.2) is 30.7 Å². The Labute approximate surface area is 90.2 Å². The van der Waals surface area contributed by atoms with E-state index in [9.17, 15) is 9.59 Å². The summed E-state index contributed by atoms with van der Waals surface area (Å²) < 4.78 is 0. The topological polar surface area (TPSA) is 78.4 Å². The van der Waals surface area contributed by atoms with E-state index in [-0.39, 0.29) is 18.4 Å². The van der Waals surface area contributed by atoms with Gasteiger partial charge in [0.25, 0.3) is 0 Å². The average Bonchev–Trinajstić information content (AvgIpc) is 2.11. The van der Waals surface area contributed by atoms with E-state index in [0.29, 0.717) is 12.5 Å². The van der Waals surface area contributed by atoms with Crippen LogP contribution in [0.4, 0.5) is 4.79 Å². The maximum atomic E-state index is 10.9. The standard InChI is InChI=1S/C10H20N2O3/c1-7(2)4-8(5-9(13)14)6-12-10(15)11-3/h7-8H,4-6H2,1-3H3,(H,13,14)(H2,11,12,15). The van der Waals surface area contributed by atoms with E-state index in [0.717, 1.165) is 6.42 Å². The first kappa shape index (κ1) is 13.7. The molecule has 0 aromatic carbocycles. The summed E-state index contributed by atoms with van der Waals surface area (Å²) in [6, 6.07) is -0.269. The maximum absolute atomic E-state index is 10.9. The Bertz CT molecular complexity index is 217. The lowest BCUT2D eigenvalue weighted by Gasteiger charge is -2.17. The Morgan fingerprint density at radius 1 is 1.33 bits per heavy atom. The summed E-state index contributed by atoms with van der Waals surface area (Å²) in [5.41, 5.74) is 0. The van der Waals surface area contributed by atoms with Gasteiger partial charge in [0.05, 0.1) is 0 Å². The molecule has 0 aliphatic carbocycles. The number of carbonyl (C=O) groups is 2. The number of nitrogens with one attached hydrogen (secondary N) is 2. The third kappa shape index (κ3) is 7.78. The van der Waals surface area contributed by atoms with Crippen LogP contribution in [0.3, 0.4) is 0 Å². The molecule has 0 heterocycles. The van der Waals surface area contributed by atoms with Crippen LogP contribution in [0, 0.1) is 11.8 Å². The molecule has 5 heteroatoms. The van der Waals surface area contributed by atoms with Crippen LogP contribution in [0.25, 0.3) is 0 Å². The third-order valence-corrected chi connectivity index (χ3v) is 2.05. The van der Waals surface area contributed by atoms with Gasteiger partial charge in [-0.3, -0.25) is 4.79 Å². The van der Waals surface area contributed by atoms with Crippen molar-refractivity contribution in [3.05, 3.63) is 0 Å². The molecule has 0 spiro atoms. The van der Waals surface area contributed by atoms with Crippen LogP contribution < -0.4 is 10.6 Å². The zero-order chi connectivity index (χ0) is 11.8. The van der Waals surface area contributed by atoms with Gasteiger partial charge in [-0.15, -0.1) is 0 Å². The molecule has 0 aliphatic heterocycles. The van der Waals surface area contributed by atoms with Crippen molar-refractivity contribution in [2.45, 2.75) is 26.7 Å². The molecule has 88 valence electrons. The summed E-state index contributed by atoms with van der Waals surface area (Å²) in [5.74, 6) is -0.389. The summed E-state index contributed by atoms with van der Waals surface area (Å²) in [6.07, 6.45) is 0.901. The zero-order valence-corrected chi connectivity index (χ0v) is 9.54. The molecule has 0 saturated carbocycles. The number of carboxylic acids is 1. The minimum atomic E-state index is -0.820. The van der Waals surface area contributed by atoms with Gasteiger partial charge < -0.3 is 15.7 Å². The van der Waals surface area contributed by atoms with Crippen molar-refractivity contribution >= 4 is 12.0 Å². The van der Waals surface area contributed by atoms with Gasteiger partial charge in [-0.25, -0.2) is 4.79 Å². The van der Waals surface area contributed by atoms with E-state index in [1.54, 1.807) is 0 Å². The second-order valence-electron chi connectivity index (χ2n) is 4.05. The molecule has 0 radical (unpaired) electrons. The lowest BCUT2D eigenvalue weighted by molar-refractivity contribution is -0.138. The van der Waals surface area contributed by atoms with E-state index in [2.05, 4.69) is 10.6 Å². The van der Waals surface area contributed by atoms with Crippen molar-refractivity contribution in [1.29, 1.82) is 0 Å². The first-order valence-corrected chi connectivity index (χ1v) is 5.13. The fraction of sp³-hybridized carbons (Fsp3) is 0.800. The summed E-state index contributed by atoms with van der Waals surface area (Å²) in [6.45, 7) is 4.48. The maximum Gasteiger partial charge on any atom is 0.314 e. The van der Waals surface area contributed by atoms with Gasteiger partial charge in [-0.2, -0.15) is 0 Å². The molecule has 3 N–H and O–H groups in total. The number of urea groups is 1.